The Balaban J connectivity index is 2.02. The molecule has 8 heteroatoms. The normalized spacial score (nSPS) is 10.7. The Kier molecular flexibility index (Phi) is 4.45. The summed E-state index contributed by atoms with van der Waals surface area (Å²) in [6.07, 6.45) is 3.21. The number of carbonyl (C=O) groups excluding carboxylic acids is 1. The molecule has 0 spiro atoms. The molecule has 0 saturated heterocycles. The summed E-state index contributed by atoms with van der Waals surface area (Å²) in [5.74, 6) is -0.269. The summed E-state index contributed by atoms with van der Waals surface area (Å²) in [4.78, 5) is 33.9. The average Bonchev–Trinajstić information content (AvgIpc) is 2.96. The number of aryl methyl sites for hydroxylation is 3. The largest absolute Gasteiger partial charge is 0.320 e. The number of anilines is 1. The van der Waals surface area contributed by atoms with Crippen LogP contribution in [0, 0.1) is 20.8 Å². The summed E-state index contributed by atoms with van der Waals surface area (Å²) in [5, 5.41) is 7.49. The van der Waals surface area contributed by atoms with Gasteiger partial charge in [0.15, 0.2) is 0 Å². The summed E-state index contributed by atoms with van der Waals surface area (Å²) in [7, 11) is 1.61. The van der Waals surface area contributed by atoms with E-state index in [0.717, 1.165) is 11.3 Å². The number of amides is 1. The number of carbonyl (C=O) groups is 1. The number of thiazole rings is 1. The molecule has 3 aromatic heterocycles. The molecule has 0 radical (unpaired) electrons. The molecule has 25 heavy (non-hydrogen) atoms. The molecular weight excluding hydrogens is 338 g/mol. The standard InChI is InChI=1S/C17H17N5O2S/c1-9-10(2)21-22(4)17(24)13(9)16-19-11(3)14(25-16)15(23)20-12-6-5-7-18-8-12/h5-8H,1-4H3,(H,20,23). The number of rotatable bonds is 3. The summed E-state index contributed by atoms with van der Waals surface area (Å²) in [6.45, 7) is 5.44. The second-order valence-electron chi connectivity index (χ2n) is 5.64. The Bertz CT molecular complexity index is 1010. The molecule has 1 amide bonds. The first-order chi connectivity index (χ1) is 11.9. The third-order valence-electron chi connectivity index (χ3n) is 3.86. The Morgan fingerprint density at radius 1 is 1.24 bits per heavy atom. The zero-order chi connectivity index (χ0) is 18.1. The molecule has 0 saturated carbocycles. The first kappa shape index (κ1) is 17.0. The summed E-state index contributed by atoms with van der Waals surface area (Å²) in [6, 6.07) is 3.50. The summed E-state index contributed by atoms with van der Waals surface area (Å²) < 4.78 is 1.30. The Morgan fingerprint density at radius 2 is 2.00 bits per heavy atom. The minimum atomic E-state index is -0.269. The molecule has 0 atom stereocenters. The van der Waals surface area contributed by atoms with Gasteiger partial charge in [0.1, 0.15) is 9.88 Å². The lowest BCUT2D eigenvalue weighted by molar-refractivity contribution is 0.103. The van der Waals surface area contributed by atoms with Crippen LogP contribution in [0.1, 0.15) is 26.6 Å². The second kappa shape index (κ2) is 6.56. The van der Waals surface area contributed by atoms with Crippen LogP contribution >= 0.6 is 11.3 Å². The van der Waals surface area contributed by atoms with E-state index in [9.17, 15) is 9.59 Å². The molecule has 0 unspecified atom stereocenters. The summed E-state index contributed by atoms with van der Waals surface area (Å²) in [5.41, 5.74) is 2.98. The van der Waals surface area contributed by atoms with Gasteiger partial charge in [0.25, 0.3) is 11.5 Å². The van der Waals surface area contributed by atoms with Gasteiger partial charge >= 0.3 is 0 Å². The van der Waals surface area contributed by atoms with Crippen LogP contribution in [0.3, 0.4) is 0 Å². The van der Waals surface area contributed by atoms with Crippen LogP contribution in [-0.4, -0.2) is 25.7 Å². The first-order valence-electron chi connectivity index (χ1n) is 7.62. The van der Waals surface area contributed by atoms with Gasteiger partial charge in [-0.3, -0.25) is 14.6 Å². The van der Waals surface area contributed by atoms with Crippen molar-refractivity contribution in [2.45, 2.75) is 20.8 Å². The van der Waals surface area contributed by atoms with E-state index in [2.05, 4.69) is 20.4 Å². The lowest BCUT2D eigenvalue weighted by Gasteiger charge is -2.07. The quantitative estimate of drug-likeness (QED) is 0.779. The predicted octanol–water partition coefficient (Wildman–Crippen LogP) is 2.48. The Morgan fingerprint density at radius 3 is 2.68 bits per heavy atom. The van der Waals surface area contributed by atoms with Crippen LogP contribution in [0.25, 0.3) is 10.6 Å². The van der Waals surface area contributed by atoms with Crippen molar-refractivity contribution in [3.05, 3.63) is 56.7 Å². The van der Waals surface area contributed by atoms with Gasteiger partial charge in [0.05, 0.1) is 28.8 Å². The highest BCUT2D eigenvalue weighted by molar-refractivity contribution is 7.17. The number of aromatic nitrogens is 4. The highest BCUT2D eigenvalue weighted by Gasteiger charge is 2.21. The SMILES string of the molecule is Cc1nc(-c2c(C)c(C)nn(C)c2=O)sc1C(=O)Nc1cccnc1. The third kappa shape index (κ3) is 3.20. The van der Waals surface area contributed by atoms with Crippen molar-refractivity contribution in [1.29, 1.82) is 0 Å². The van der Waals surface area contributed by atoms with Gasteiger partial charge in [-0.05, 0) is 38.5 Å². The van der Waals surface area contributed by atoms with E-state index in [-0.39, 0.29) is 11.5 Å². The van der Waals surface area contributed by atoms with Crippen molar-refractivity contribution in [1.82, 2.24) is 19.7 Å². The molecule has 128 valence electrons. The maximum absolute atomic E-state index is 12.5. The van der Waals surface area contributed by atoms with Crippen molar-refractivity contribution >= 4 is 22.9 Å². The Hall–Kier alpha value is -2.87. The van der Waals surface area contributed by atoms with E-state index in [1.54, 1.807) is 38.5 Å². The van der Waals surface area contributed by atoms with Gasteiger partial charge < -0.3 is 5.32 Å². The average molecular weight is 355 g/mol. The molecular formula is C17H17N5O2S. The highest BCUT2D eigenvalue weighted by atomic mass is 32.1. The number of hydrogen-bond acceptors (Lipinski definition) is 6. The van der Waals surface area contributed by atoms with Gasteiger partial charge in [0, 0.05) is 13.2 Å². The van der Waals surface area contributed by atoms with E-state index in [0.29, 0.717) is 26.8 Å². The van der Waals surface area contributed by atoms with Gasteiger partial charge in [-0.15, -0.1) is 11.3 Å². The van der Waals surface area contributed by atoms with Gasteiger partial charge in [-0.2, -0.15) is 5.10 Å². The van der Waals surface area contributed by atoms with Crippen molar-refractivity contribution in [2.24, 2.45) is 7.05 Å². The van der Waals surface area contributed by atoms with Crippen LogP contribution in [0.5, 0.6) is 0 Å². The zero-order valence-corrected chi connectivity index (χ0v) is 15.1. The van der Waals surface area contributed by atoms with Crippen LogP contribution in [-0.2, 0) is 7.05 Å². The molecule has 0 aliphatic carbocycles. The highest BCUT2D eigenvalue weighted by Crippen LogP contribution is 2.29. The molecule has 0 aliphatic heterocycles. The van der Waals surface area contributed by atoms with E-state index in [1.165, 1.54) is 16.0 Å². The minimum absolute atomic E-state index is 0.226. The fraction of sp³-hybridized carbons (Fsp3) is 0.235. The number of nitrogens with zero attached hydrogens (tertiary/aromatic N) is 4. The van der Waals surface area contributed by atoms with Crippen LogP contribution in [0.15, 0.2) is 29.3 Å². The molecule has 0 bridgehead atoms. The molecule has 7 nitrogen and oxygen atoms in total. The zero-order valence-electron chi connectivity index (χ0n) is 14.3. The van der Waals surface area contributed by atoms with Crippen molar-refractivity contribution in [3.63, 3.8) is 0 Å². The molecule has 3 aromatic rings. The minimum Gasteiger partial charge on any atom is -0.320 e. The molecule has 0 aromatic carbocycles. The molecule has 3 heterocycles. The van der Waals surface area contributed by atoms with Crippen molar-refractivity contribution in [3.8, 4) is 10.6 Å². The monoisotopic (exact) mass is 355 g/mol. The van der Waals surface area contributed by atoms with Crippen molar-refractivity contribution < 1.29 is 4.79 Å². The molecule has 0 fully saturated rings. The number of hydrogen-bond donors (Lipinski definition) is 1. The van der Waals surface area contributed by atoms with Crippen LogP contribution in [0.4, 0.5) is 5.69 Å². The predicted molar refractivity (Wildman–Crippen MR) is 97.0 cm³/mol. The van der Waals surface area contributed by atoms with E-state index >= 15 is 0 Å². The fourth-order valence-electron chi connectivity index (χ4n) is 2.44. The van der Waals surface area contributed by atoms with E-state index in [4.69, 9.17) is 0 Å². The number of nitrogens with one attached hydrogen (secondary N) is 1. The lowest BCUT2D eigenvalue weighted by atomic mass is 10.1. The van der Waals surface area contributed by atoms with Gasteiger partial charge in [-0.1, -0.05) is 0 Å². The van der Waals surface area contributed by atoms with E-state index in [1.807, 2.05) is 13.8 Å². The smallest absolute Gasteiger partial charge is 0.277 e. The first-order valence-corrected chi connectivity index (χ1v) is 8.44. The second-order valence-corrected chi connectivity index (χ2v) is 6.64. The maximum atomic E-state index is 12.5. The van der Waals surface area contributed by atoms with E-state index < -0.39 is 0 Å². The third-order valence-corrected chi connectivity index (χ3v) is 5.04. The maximum Gasteiger partial charge on any atom is 0.277 e. The molecule has 0 aliphatic rings. The topological polar surface area (TPSA) is 89.8 Å². The Labute approximate surface area is 148 Å². The lowest BCUT2D eigenvalue weighted by Crippen LogP contribution is -2.23. The van der Waals surface area contributed by atoms with Gasteiger partial charge in [-0.25, -0.2) is 9.67 Å². The molecule has 1 N–H and O–H groups in total. The van der Waals surface area contributed by atoms with Gasteiger partial charge in [0.2, 0.25) is 0 Å². The van der Waals surface area contributed by atoms with Crippen LogP contribution < -0.4 is 10.9 Å². The summed E-state index contributed by atoms with van der Waals surface area (Å²) >= 11 is 1.20. The number of pyridine rings is 1. The van der Waals surface area contributed by atoms with Crippen LogP contribution in [0.2, 0.25) is 0 Å². The molecule has 3 rings (SSSR count). The fourth-order valence-corrected chi connectivity index (χ4v) is 3.49. The van der Waals surface area contributed by atoms with Crippen molar-refractivity contribution in [2.75, 3.05) is 5.32 Å².